The fraction of sp³-hybridized carbons (Fsp3) is 0.235. The van der Waals surface area contributed by atoms with Gasteiger partial charge in [0.1, 0.15) is 0 Å². The Labute approximate surface area is 128 Å². The van der Waals surface area contributed by atoms with Gasteiger partial charge in [0.25, 0.3) is 0 Å². The number of halogens is 1. The number of hydrogen-bond acceptors (Lipinski definition) is 2. The van der Waals surface area contributed by atoms with Crippen molar-refractivity contribution in [3.63, 3.8) is 0 Å². The number of ketones is 1. The van der Waals surface area contributed by atoms with Gasteiger partial charge in [0.2, 0.25) is 0 Å². The first-order valence-corrected chi connectivity index (χ1v) is 7.50. The molecule has 0 saturated heterocycles. The summed E-state index contributed by atoms with van der Waals surface area (Å²) >= 11 is 3.38. The zero-order valence-electron chi connectivity index (χ0n) is 11.8. The first-order valence-electron chi connectivity index (χ1n) is 6.71. The van der Waals surface area contributed by atoms with Crippen LogP contribution in [-0.4, -0.2) is 18.9 Å². The van der Waals surface area contributed by atoms with E-state index in [1.54, 1.807) is 0 Å². The number of aryl methyl sites for hydroxylation is 1. The molecule has 0 atom stereocenters. The van der Waals surface area contributed by atoms with E-state index in [-0.39, 0.29) is 5.78 Å². The zero-order valence-corrected chi connectivity index (χ0v) is 13.4. The summed E-state index contributed by atoms with van der Waals surface area (Å²) in [6.45, 7) is 5.36. The fourth-order valence-corrected chi connectivity index (χ4v) is 2.45. The Morgan fingerprint density at radius 1 is 1.10 bits per heavy atom. The molecule has 0 aromatic heterocycles. The average Bonchev–Trinajstić information content (AvgIpc) is 2.46. The molecular formula is C17H18BrNO. The molecule has 2 aromatic carbocycles. The molecule has 20 heavy (non-hydrogen) atoms. The van der Waals surface area contributed by atoms with E-state index in [0.29, 0.717) is 6.54 Å². The van der Waals surface area contributed by atoms with Gasteiger partial charge < -0.3 is 4.90 Å². The molecule has 0 radical (unpaired) electrons. The molecule has 3 heteroatoms. The number of para-hydroxylation sites is 1. The van der Waals surface area contributed by atoms with Crippen molar-refractivity contribution in [3.8, 4) is 0 Å². The van der Waals surface area contributed by atoms with Gasteiger partial charge in [0.15, 0.2) is 5.78 Å². The van der Waals surface area contributed by atoms with Crippen LogP contribution in [0.3, 0.4) is 0 Å². The van der Waals surface area contributed by atoms with E-state index in [9.17, 15) is 4.79 Å². The second kappa shape index (κ2) is 6.71. The smallest absolute Gasteiger partial charge is 0.182 e. The van der Waals surface area contributed by atoms with Crippen LogP contribution in [0, 0.1) is 6.92 Å². The standard InChI is InChI=1S/C17H18BrNO/c1-3-19(16-7-5-4-6-13(16)2)12-17(20)14-8-10-15(18)11-9-14/h4-11H,3,12H2,1-2H3. The Kier molecular flexibility index (Phi) is 4.96. The topological polar surface area (TPSA) is 20.3 Å². The summed E-state index contributed by atoms with van der Waals surface area (Å²) in [4.78, 5) is 14.5. The van der Waals surface area contributed by atoms with Crippen LogP contribution >= 0.6 is 15.9 Å². The number of rotatable bonds is 5. The second-order valence-electron chi connectivity index (χ2n) is 4.73. The van der Waals surface area contributed by atoms with E-state index >= 15 is 0 Å². The largest absolute Gasteiger partial charge is 0.364 e. The minimum atomic E-state index is 0.141. The van der Waals surface area contributed by atoms with Crippen LogP contribution < -0.4 is 4.90 Å². The molecule has 0 unspecified atom stereocenters. The van der Waals surface area contributed by atoms with Gasteiger partial charge in [0.05, 0.1) is 6.54 Å². The van der Waals surface area contributed by atoms with E-state index in [2.05, 4.69) is 46.8 Å². The van der Waals surface area contributed by atoms with Crippen LogP contribution in [-0.2, 0) is 0 Å². The van der Waals surface area contributed by atoms with Gasteiger partial charge in [-0.3, -0.25) is 4.79 Å². The molecule has 0 aliphatic heterocycles. The highest BCUT2D eigenvalue weighted by Crippen LogP contribution is 2.20. The van der Waals surface area contributed by atoms with Crippen molar-refractivity contribution in [2.75, 3.05) is 18.0 Å². The van der Waals surface area contributed by atoms with Gasteiger partial charge in [-0.2, -0.15) is 0 Å². The maximum absolute atomic E-state index is 12.4. The summed E-state index contributed by atoms with van der Waals surface area (Å²) in [6.07, 6.45) is 0. The molecule has 2 rings (SSSR count). The molecule has 0 aliphatic rings. The Morgan fingerprint density at radius 3 is 2.35 bits per heavy atom. The number of hydrogen-bond donors (Lipinski definition) is 0. The molecule has 0 amide bonds. The van der Waals surface area contributed by atoms with Crippen LogP contribution in [0.1, 0.15) is 22.8 Å². The van der Waals surface area contributed by atoms with E-state index in [4.69, 9.17) is 0 Å². The van der Waals surface area contributed by atoms with E-state index in [0.717, 1.165) is 22.3 Å². The summed E-state index contributed by atoms with van der Waals surface area (Å²) in [5, 5.41) is 0. The first-order chi connectivity index (χ1) is 9.61. The highest BCUT2D eigenvalue weighted by molar-refractivity contribution is 9.10. The third kappa shape index (κ3) is 3.48. The molecule has 0 N–H and O–H groups in total. The van der Waals surface area contributed by atoms with Gasteiger partial charge in [-0.1, -0.05) is 46.3 Å². The molecule has 104 valence electrons. The summed E-state index contributed by atoms with van der Waals surface area (Å²) in [7, 11) is 0. The number of carbonyl (C=O) groups is 1. The predicted octanol–water partition coefficient (Wildman–Crippen LogP) is 4.47. The Bertz CT molecular complexity index is 592. The quantitative estimate of drug-likeness (QED) is 0.753. The van der Waals surface area contributed by atoms with Crippen LogP contribution in [0.5, 0.6) is 0 Å². The SMILES string of the molecule is CCN(CC(=O)c1ccc(Br)cc1)c1ccccc1C. The first kappa shape index (κ1) is 14.8. The lowest BCUT2D eigenvalue weighted by atomic mass is 10.1. The molecule has 0 heterocycles. The number of anilines is 1. The van der Waals surface area contributed by atoms with Gasteiger partial charge in [0, 0.05) is 22.3 Å². The monoisotopic (exact) mass is 331 g/mol. The molecule has 0 aliphatic carbocycles. The highest BCUT2D eigenvalue weighted by Gasteiger charge is 2.13. The normalized spacial score (nSPS) is 10.3. The van der Waals surface area contributed by atoms with Crippen molar-refractivity contribution >= 4 is 27.4 Å². The van der Waals surface area contributed by atoms with Gasteiger partial charge in [-0.15, -0.1) is 0 Å². The summed E-state index contributed by atoms with van der Waals surface area (Å²) < 4.78 is 0.986. The lowest BCUT2D eigenvalue weighted by Crippen LogP contribution is -2.30. The minimum Gasteiger partial charge on any atom is -0.364 e. The van der Waals surface area contributed by atoms with Crippen LogP contribution in [0.4, 0.5) is 5.69 Å². The number of likely N-dealkylation sites (N-methyl/N-ethyl adjacent to an activating group) is 1. The van der Waals surface area contributed by atoms with Crippen LogP contribution in [0.2, 0.25) is 0 Å². The Balaban J connectivity index is 2.16. The van der Waals surface area contributed by atoms with Crippen molar-refractivity contribution < 1.29 is 4.79 Å². The zero-order chi connectivity index (χ0) is 14.5. The van der Waals surface area contributed by atoms with Crippen molar-refractivity contribution in [3.05, 3.63) is 64.1 Å². The molecule has 2 nitrogen and oxygen atoms in total. The van der Waals surface area contributed by atoms with Gasteiger partial charge >= 0.3 is 0 Å². The Morgan fingerprint density at radius 2 is 1.75 bits per heavy atom. The summed E-state index contributed by atoms with van der Waals surface area (Å²) in [5.74, 6) is 0.141. The van der Waals surface area contributed by atoms with E-state index in [1.165, 1.54) is 5.56 Å². The predicted molar refractivity (Wildman–Crippen MR) is 87.5 cm³/mol. The second-order valence-corrected chi connectivity index (χ2v) is 5.65. The maximum Gasteiger partial charge on any atom is 0.182 e. The van der Waals surface area contributed by atoms with Crippen molar-refractivity contribution in [1.82, 2.24) is 0 Å². The van der Waals surface area contributed by atoms with Gasteiger partial charge in [-0.25, -0.2) is 0 Å². The minimum absolute atomic E-state index is 0.141. The van der Waals surface area contributed by atoms with Crippen molar-refractivity contribution in [2.24, 2.45) is 0 Å². The maximum atomic E-state index is 12.4. The molecule has 0 bridgehead atoms. The van der Waals surface area contributed by atoms with Gasteiger partial charge in [-0.05, 0) is 37.6 Å². The third-order valence-corrected chi connectivity index (χ3v) is 3.87. The lowest BCUT2D eigenvalue weighted by Gasteiger charge is -2.24. The molecular weight excluding hydrogens is 314 g/mol. The number of carbonyl (C=O) groups excluding carboxylic acids is 1. The van der Waals surface area contributed by atoms with E-state index < -0.39 is 0 Å². The average molecular weight is 332 g/mol. The molecule has 2 aromatic rings. The van der Waals surface area contributed by atoms with Crippen molar-refractivity contribution in [1.29, 1.82) is 0 Å². The van der Waals surface area contributed by atoms with Crippen LogP contribution in [0.15, 0.2) is 53.0 Å². The highest BCUT2D eigenvalue weighted by atomic mass is 79.9. The third-order valence-electron chi connectivity index (χ3n) is 3.34. The molecule has 0 fully saturated rings. The molecule has 0 saturated carbocycles. The fourth-order valence-electron chi connectivity index (χ4n) is 2.19. The van der Waals surface area contributed by atoms with Crippen LogP contribution in [0.25, 0.3) is 0 Å². The Hall–Kier alpha value is -1.61. The van der Waals surface area contributed by atoms with E-state index in [1.807, 2.05) is 36.4 Å². The summed E-state index contributed by atoms with van der Waals surface area (Å²) in [6, 6.07) is 15.7. The summed E-state index contributed by atoms with van der Waals surface area (Å²) in [5.41, 5.74) is 3.07. The van der Waals surface area contributed by atoms with Crippen molar-refractivity contribution in [2.45, 2.75) is 13.8 Å². The number of nitrogens with zero attached hydrogens (tertiary/aromatic N) is 1. The number of Topliss-reactive ketones (excluding diaryl/α,β-unsaturated/α-hetero) is 1. The molecule has 0 spiro atoms. The number of benzene rings is 2. The lowest BCUT2D eigenvalue weighted by molar-refractivity contribution is 0.0999.